The van der Waals surface area contributed by atoms with Crippen LogP contribution in [0.4, 0.5) is 10.6 Å². The van der Waals surface area contributed by atoms with Gasteiger partial charge in [0.15, 0.2) is 5.82 Å². The molecule has 2 aromatic rings. The van der Waals surface area contributed by atoms with Gasteiger partial charge in [0.05, 0.1) is 0 Å². The molecule has 3 amide bonds. The highest BCUT2D eigenvalue weighted by Gasteiger charge is 2.33. The first-order chi connectivity index (χ1) is 10.2. The standard InChI is InChI=1S/C15H14N4O2/c20-14-12(10-11-6-2-1-3-7-11)17-15(21)18-19(14)13-8-4-5-9-16-13/h1-9,12H,10H2,(H2,17,18,21)/t12-/m0/s1. The third-order valence-corrected chi connectivity index (χ3v) is 3.20. The van der Waals surface area contributed by atoms with Gasteiger partial charge in [0.25, 0.3) is 5.91 Å². The summed E-state index contributed by atoms with van der Waals surface area (Å²) in [6.45, 7) is 0. The van der Waals surface area contributed by atoms with Crippen molar-refractivity contribution in [3.63, 3.8) is 0 Å². The molecule has 6 heteroatoms. The number of rotatable bonds is 3. The van der Waals surface area contributed by atoms with Gasteiger partial charge in [0.2, 0.25) is 0 Å². The van der Waals surface area contributed by atoms with Crippen LogP contribution >= 0.6 is 0 Å². The minimum Gasteiger partial charge on any atom is -0.324 e. The van der Waals surface area contributed by atoms with Gasteiger partial charge in [-0.1, -0.05) is 36.4 Å². The molecule has 0 unspecified atom stereocenters. The van der Waals surface area contributed by atoms with E-state index in [4.69, 9.17) is 0 Å². The fraction of sp³-hybridized carbons (Fsp3) is 0.133. The average molecular weight is 282 g/mol. The highest BCUT2D eigenvalue weighted by molar-refractivity contribution is 6.03. The van der Waals surface area contributed by atoms with Crippen molar-refractivity contribution < 1.29 is 9.59 Å². The number of hydrogen-bond donors (Lipinski definition) is 2. The number of urea groups is 1. The quantitative estimate of drug-likeness (QED) is 0.890. The normalized spacial score (nSPS) is 18.1. The largest absolute Gasteiger partial charge is 0.334 e. The second-order valence-electron chi connectivity index (χ2n) is 4.69. The molecule has 0 radical (unpaired) electrons. The molecule has 1 saturated heterocycles. The van der Waals surface area contributed by atoms with Crippen molar-refractivity contribution in [2.75, 3.05) is 5.01 Å². The number of carbonyl (C=O) groups is 2. The molecule has 0 aliphatic carbocycles. The molecule has 1 aromatic carbocycles. The molecule has 0 bridgehead atoms. The molecule has 6 nitrogen and oxygen atoms in total. The van der Waals surface area contributed by atoms with Gasteiger partial charge < -0.3 is 5.32 Å². The maximum atomic E-state index is 12.5. The Hall–Kier alpha value is -2.89. The Kier molecular flexibility index (Phi) is 3.51. The van der Waals surface area contributed by atoms with Crippen LogP contribution in [0, 0.1) is 0 Å². The van der Waals surface area contributed by atoms with E-state index in [9.17, 15) is 9.59 Å². The molecule has 1 aliphatic heterocycles. The number of anilines is 1. The lowest BCUT2D eigenvalue weighted by molar-refractivity contribution is -0.121. The van der Waals surface area contributed by atoms with Crippen LogP contribution in [0.5, 0.6) is 0 Å². The zero-order valence-electron chi connectivity index (χ0n) is 11.2. The van der Waals surface area contributed by atoms with Gasteiger partial charge in [-0.25, -0.2) is 15.2 Å². The van der Waals surface area contributed by atoms with Crippen molar-refractivity contribution in [1.29, 1.82) is 0 Å². The highest BCUT2D eigenvalue weighted by Crippen LogP contribution is 2.13. The third-order valence-electron chi connectivity index (χ3n) is 3.20. The fourth-order valence-corrected chi connectivity index (χ4v) is 2.21. The minimum absolute atomic E-state index is 0.239. The molecule has 0 spiro atoms. The molecular weight excluding hydrogens is 268 g/mol. The molecule has 106 valence electrons. The van der Waals surface area contributed by atoms with Crippen LogP contribution in [0.3, 0.4) is 0 Å². The maximum absolute atomic E-state index is 12.5. The van der Waals surface area contributed by atoms with E-state index in [2.05, 4.69) is 15.7 Å². The van der Waals surface area contributed by atoms with Gasteiger partial charge in [-0.2, -0.15) is 5.01 Å². The number of aromatic nitrogens is 1. The Morgan fingerprint density at radius 3 is 2.52 bits per heavy atom. The van der Waals surface area contributed by atoms with Crippen LogP contribution in [-0.2, 0) is 11.2 Å². The topological polar surface area (TPSA) is 74.3 Å². The van der Waals surface area contributed by atoms with Crippen molar-refractivity contribution >= 4 is 17.8 Å². The number of amides is 3. The van der Waals surface area contributed by atoms with Crippen LogP contribution < -0.4 is 15.8 Å². The third kappa shape index (κ3) is 2.84. The maximum Gasteiger partial charge on any atom is 0.334 e. The van der Waals surface area contributed by atoms with Crippen LogP contribution in [0.2, 0.25) is 0 Å². The summed E-state index contributed by atoms with van der Waals surface area (Å²) in [5.41, 5.74) is 3.45. The average Bonchev–Trinajstić information content (AvgIpc) is 2.52. The van der Waals surface area contributed by atoms with Gasteiger partial charge >= 0.3 is 6.03 Å². The number of pyridine rings is 1. The summed E-state index contributed by atoms with van der Waals surface area (Å²) in [6.07, 6.45) is 2.01. The number of nitrogens with zero attached hydrogens (tertiary/aromatic N) is 2. The lowest BCUT2D eigenvalue weighted by atomic mass is 10.0. The molecule has 21 heavy (non-hydrogen) atoms. The van der Waals surface area contributed by atoms with E-state index in [-0.39, 0.29) is 5.91 Å². The number of benzene rings is 1. The molecule has 3 rings (SSSR count). The number of hydrazine groups is 1. The molecule has 0 saturated carbocycles. The van der Waals surface area contributed by atoms with Gasteiger partial charge in [-0.05, 0) is 17.7 Å². The second-order valence-corrected chi connectivity index (χ2v) is 4.69. The monoisotopic (exact) mass is 282 g/mol. The molecule has 1 aromatic heterocycles. The van der Waals surface area contributed by atoms with Crippen molar-refractivity contribution in [3.8, 4) is 0 Å². The van der Waals surface area contributed by atoms with Crippen LogP contribution in [0.1, 0.15) is 5.56 Å². The van der Waals surface area contributed by atoms with E-state index in [0.29, 0.717) is 12.2 Å². The van der Waals surface area contributed by atoms with Crippen LogP contribution in [0.15, 0.2) is 54.7 Å². The van der Waals surface area contributed by atoms with Crippen LogP contribution in [-0.4, -0.2) is 23.0 Å². The Balaban J connectivity index is 1.82. The van der Waals surface area contributed by atoms with E-state index >= 15 is 0 Å². The summed E-state index contributed by atoms with van der Waals surface area (Å²) < 4.78 is 0. The minimum atomic E-state index is -0.608. The summed E-state index contributed by atoms with van der Waals surface area (Å²) in [4.78, 5) is 28.3. The lowest BCUT2D eigenvalue weighted by Crippen LogP contribution is -2.65. The zero-order chi connectivity index (χ0) is 14.7. The SMILES string of the molecule is O=C1N[C@@H](Cc2ccccc2)C(=O)N(c2ccccn2)N1. The Morgan fingerprint density at radius 2 is 1.81 bits per heavy atom. The molecule has 1 atom stereocenters. The first kappa shape index (κ1) is 13.1. The highest BCUT2D eigenvalue weighted by atomic mass is 16.2. The van der Waals surface area contributed by atoms with Crippen molar-refractivity contribution in [2.24, 2.45) is 0 Å². The molecule has 2 heterocycles. The van der Waals surface area contributed by atoms with Crippen molar-refractivity contribution in [1.82, 2.24) is 15.7 Å². The Bertz CT molecular complexity index is 645. The van der Waals surface area contributed by atoms with E-state index in [0.717, 1.165) is 5.56 Å². The van der Waals surface area contributed by atoms with Crippen molar-refractivity contribution in [3.05, 3.63) is 60.3 Å². The Morgan fingerprint density at radius 1 is 1.05 bits per heavy atom. The second kappa shape index (κ2) is 5.62. The predicted octanol–water partition coefficient (Wildman–Crippen LogP) is 1.25. The Labute approximate surface area is 121 Å². The summed E-state index contributed by atoms with van der Waals surface area (Å²) in [5.74, 6) is 0.160. The van der Waals surface area contributed by atoms with Crippen LogP contribution in [0.25, 0.3) is 0 Å². The van der Waals surface area contributed by atoms with Crippen molar-refractivity contribution in [2.45, 2.75) is 12.5 Å². The fourth-order valence-electron chi connectivity index (χ4n) is 2.21. The lowest BCUT2D eigenvalue weighted by Gasteiger charge is -2.32. The predicted molar refractivity (Wildman–Crippen MR) is 77.3 cm³/mol. The van der Waals surface area contributed by atoms with Gasteiger partial charge in [-0.15, -0.1) is 0 Å². The summed E-state index contributed by atoms with van der Waals surface area (Å²) >= 11 is 0. The number of carbonyl (C=O) groups excluding carboxylic acids is 2. The smallest absolute Gasteiger partial charge is 0.324 e. The van der Waals surface area contributed by atoms with Gasteiger partial charge in [0, 0.05) is 12.6 Å². The molecule has 2 N–H and O–H groups in total. The molecule has 1 fully saturated rings. The summed E-state index contributed by atoms with van der Waals surface area (Å²) in [7, 11) is 0. The molecular formula is C15H14N4O2. The number of hydrogen-bond acceptors (Lipinski definition) is 3. The van der Waals surface area contributed by atoms with E-state index in [1.165, 1.54) is 5.01 Å². The van der Waals surface area contributed by atoms with E-state index in [1.54, 1.807) is 24.4 Å². The summed E-state index contributed by atoms with van der Waals surface area (Å²) in [5, 5.41) is 3.83. The number of nitrogens with one attached hydrogen (secondary N) is 2. The van der Waals surface area contributed by atoms with E-state index in [1.807, 2.05) is 30.3 Å². The first-order valence-electron chi connectivity index (χ1n) is 6.60. The first-order valence-corrected chi connectivity index (χ1v) is 6.60. The molecule has 1 aliphatic rings. The zero-order valence-corrected chi connectivity index (χ0v) is 11.2. The summed E-state index contributed by atoms with van der Waals surface area (Å²) in [6, 6.07) is 13.7. The van der Waals surface area contributed by atoms with E-state index < -0.39 is 12.1 Å². The van der Waals surface area contributed by atoms with Gasteiger partial charge in [0.1, 0.15) is 6.04 Å². The van der Waals surface area contributed by atoms with Gasteiger partial charge in [-0.3, -0.25) is 4.79 Å².